The molecule has 1 aliphatic rings. The van der Waals surface area contributed by atoms with E-state index < -0.39 is 40.7 Å². The van der Waals surface area contributed by atoms with E-state index in [1.54, 1.807) is 6.92 Å². The van der Waals surface area contributed by atoms with Crippen LogP contribution in [0.4, 0.5) is 5.69 Å². The number of benzene rings is 1. The van der Waals surface area contributed by atoms with Crippen molar-refractivity contribution in [2.24, 2.45) is 5.73 Å². The molecule has 11 heteroatoms. The highest BCUT2D eigenvalue weighted by molar-refractivity contribution is 5.94. The Balaban J connectivity index is 2.30. The normalized spacial score (nSPS) is 17.7. The zero-order chi connectivity index (χ0) is 21.6. The molecular weight excluding hydrogens is 384 g/mol. The zero-order valence-corrected chi connectivity index (χ0v) is 15.8. The van der Waals surface area contributed by atoms with Crippen LogP contribution < -0.4 is 16.4 Å². The van der Waals surface area contributed by atoms with E-state index in [1.165, 1.54) is 24.3 Å². The molecule has 0 radical (unpaired) electrons. The topological polar surface area (TPSA) is 171 Å². The molecule has 3 amide bonds. The molecule has 0 saturated carbocycles. The molecule has 1 fully saturated rings. The molecule has 1 aliphatic heterocycles. The molecule has 1 saturated heterocycles. The van der Waals surface area contributed by atoms with E-state index in [0.717, 1.165) is 0 Å². The SMILES string of the molecule is CCOC(=O)C[C@@H](c1ccc([N+](=O)[O-])cc1)[C@H](NC(=O)[C@@H]1CCC(=O)N1)C(N)=O. The van der Waals surface area contributed by atoms with Crippen molar-refractivity contribution in [3.63, 3.8) is 0 Å². The molecule has 0 aromatic heterocycles. The fourth-order valence-electron chi connectivity index (χ4n) is 3.11. The van der Waals surface area contributed by atoms with Crippen LogP contribution in [-0.4, -0.2) is 47.3 Å². The van der Waals surface area contributed by atoms with Crippen molar-refractivity contribution in [2.75, 3.05) is 6.61 Å². The van der Waals surface area contributed by atoms with Gasteiger partial charge in [0.15, 0.2) is 0 Å². The van der Waals surface area contributed by atoms with Gasteiger partial charge in [0.05, 0.1) is 18.0 Å². The zero-order valence-electron chi connectivity index (χ0n) is 15.8. The number of nitrogens with one attached hydrogen (secondary N) is 2. The minimum Gasteiger partial charge on any atom is -0.466 e. The van der Waals surface area contributed by atoms with Gasteiger partial charge < -0.3 is 21.1 Å². The average molecular weight is 406 g/mol. The minimum absolute atomic E-state index is 0.119. The Kier molecular flexibility index (Phi) is 7.23. The van der Waals surface area contributed by atoms with Crippen molar-refractivity contribution in [1.29, 1.82) is 0 Å². The summed E-state index contributed by atoms with van der Waals surface area (Å²) >= 11 is 0. The molecule has 0 aliphatic carbocycles. The van der Waals surface area contributed by atoms with E-state index >= 15 is 0 Å². The van der Waals surface area contributed by atoms with Gasteiger partial charge in [-0.25, -0.2) is 0 Å². The average Bonchev–Trinajstić information content (AvgIpc) is 3.11. The van der Waals surface area contributed by atoms with Gasteiger partial charge in [-0.15, -0.1) is 0 Å². The molecule has 29 heavy (non-hydrogen) atoms. The van der Waals surface area contributed by atoms with Crippen LogP contribution in [0.15, 0.2) is 24.3 Å². The summed E-state index contributed by atoms with van der Waals surface area (Å²) in [4.78, 5) is 58.2. The summed E-state index contributed by atoms with van der Waals surface area (Å²) in [6, 6.07) is 3.15. The molecular formula is C18H22N4O7. The summed E-state index contributed by atoms with van der Waals surface area (Å²) in [5, 5.41) is 15.9. The second-order valence-electron chi connectivity index (χ2n) is 6.51. The number of carbonyl (C=O) groups is 4. The molecule has 0 spiro atoms. The van der Waals surface area contributed by atoms with Gasteiger partial charge >= 0.3 is 5.97 Å². The van der Waals surface area contributed by atoms with E-state index in [4.69, 9.17) is 10.5 Å². The third-order valence-corrected chi connectivity index (χ3v) is 4.54. The standard InChI is InChI=1S/C18H22N4O7/c1-2-29-15(24)9-12(10-3-5-11(6-4-10)22(27)28)16(17(19)25)21-18(26)13-7-8-14(23)20-13/h3-6,12-13,16H,2,7-9H2,1H3,(H2,19,25)(H,20,23)(H,21,26)/t12-,13-,16-/m0/s1. The van der Waals surface area contributed by atoms with Crippen molar-refractivity contribution in [3.8, 4) is 0 Å². The molecule has 0 unspecified atom stereocenters. The smallest absolute Gasteiger partial charge is 0.306 e. The molecule has 1 heterocycles. The lowest BCUT2D eigenvalue weighted by Gasteiger charge is -2.26. The second kappa shape index (κ2) is 9.62. The number of esters is 1. The van der Waals surface area contributed by atoms with Crippen molar-refractivity contribution in [1.82, 2.24) is 10.6 Å². The van der Waals surface area contributed by atoms with Crippen molar-refractivity contribution < 1.29 is 28.8 Å². The van der Waals surface area contributed by atoms with Gasteiger partial charge in [0.1, 0.15) is 12.1 Å². The van der Waals surface area contributed by atoms with E-state index in [-0.39, 0.29) is 37.5 Å². The van der Waals surface area contributed by atoms with Gasteiger partial charge in [-0.05, 0) is 18.9 Å². The van der Waals surface area contributed by atoms with Crippen LogP contribution in [0.3, 0.4) is 0 Å². The first-order chi connectivity index (χ1) is 13.7. The lowest BCUT2D eigenvalue weighted by atomic mass is 9.87. The van der Waals surface area contributed by atoms with Gasteiger partial charge in [-0.3, -0.25) is 29.3 Å². The monoisotopic (exact) mass is 406 g/mol. The quantitative estimate of drug-likeness (QED) is 0.291. The maximum absolute atomic E-state index is 12.5. The predicted molar refractivity (Wildman–Crippen MR) is 99.4 cm³/mol. The highest BCUT2D eigenvalue weighted by atomic mass is 16.6. The van der Waals surface area contributed by atoms with Gasteiger partial charge in [0.2, 0.25) is 17.7 Å². The van der Waals surface area contributed by atoms with E-state index in [2.05, 4.69) is 10.6 Å². The molecule has 0 bridgehead atoms. The largest absolute Gasteiger partial charge is 0.466 e. The van der Waals surface area contributed by atoms with Crippen LogP contribution in [0.2, 0.25) is 0 Å². The van der Waals surface area contributed by atoms with E-state index in [0.29, 0.717) is 5.56 Å². The van der Waals surface area contributed by atoms with Crippen LogP contribution in [-0.2, 0) is 23.9 Å². The Labute approximate surface area is 166 Å². The lowest BCUT2D eigenvalue weighted by molar-refractivity contribution is -0.384. The Morgan fingerprint density at radius 2 is 2.00 bits per heavy atom. The second-order valence-corrected chi connectivity index (χ2v) is 6.51. The number of rotatable bonds is 9. The highest BCUT2D eigenvalue weighted by Gasteiger charge is 2.35. The first-order valence-corrected chi connectivity index (χ1v) is 9.02. The number of amides is 3. The van der Waals surface area contributed by atoms with Gasteiger partial charge in [-0.1, -0.05) is 12.1 Å². The minimum atomic E-state index is -1.29. The summed E-state index contributed by atoms with van der Waals surface area (Å²) in [6.45, 7) is 1.74. The molecule has 156 valence electrons. The molecule has 1 aromatic carbocycles. The highest BCUT2D eigenvalue weighted by Crippen LogP contribution is 2.27. The Morgan fingerprint density at radius 1 is 1.34 bits per heavy atom. The first kappa shape index (κ1) is 21.8. The van der Waals surface area contributed by atoms with E-state index in [1.807, 2.05) is 0 Å². The first-order valence-electron chi connectivity index (χ1n) is 9.02. The molecule has 1 aromatic rings. The number of hydrogen-bond donors (Lipinski definition) is 3. The van der Waals surface area contributed by atoms with E-state index in [9.17, 15) is 29.3 Å². The fraction of sp³-hybridized carbons (Fsp3) is 0.444. The summed E-state index contributed by atoms with van der Waals surface area (Å²) in [5.41, 5.74) is 5.70. The van der Waals surface area contributed by atoms with Gasteiger partial charge in [0, 0.05) is 24.5 Å². The Hall–Kier alpha value is -3.50. The van der Waals surface area contributed by atoms with Crippen LogP contribution in [0.25, 0.3) is 0 Å². The molecule has 2 rings (SSSR count). The number of ether oxygens (including phenoxy) is 1. The molecule has 11 nitrogen and oxygen atoms in total. The number of carbonyl (C=O) groups excluding carboxylic acids is 4. The van der Waals surface area contributed by atoms with Crippen LogP contribution in [0.5, 0.6) is 0 Å². The summed E-state index contributed by atoms with van der Waals surface area (Å²) in [5.74, 6) is -3.30. The number of nitro groups is 1. The molecule has 4 N–H and O–H groups in total. The summed E-state index contributed by atoms with van der Waals surface area (Å²) in [6.07, 6.45) is 0.181. The van der Waals surface area contributed by atoms with Crippen molar-refractivity contribution in [2.45, 2.75) is 44.2 Å². The Bertz CT molecular complexity index is 809. The lowest BCUT2D eigenvalue weighted by Crippen LogP contribution is -2.53. The van der Waals surface area contributed by atoms with Gasteiger partial charge in [0.25, 0.3) is 5.69 Å². The van der Waals surface area contributed by atoms with Crippen molar-refractivity contribution >= 4 is 29.4 Å². The number of nitro benzene ring substituents is 1. The number of non-ortho nitro benzene ring substituents is 1. The Morgan fingerprint density at radius 3 is 2.48 bits per heavy atom. The predicted octanol–water partition coefficient (Wildman–Crippen LogP) is -0.120. The third kappa shape index (κ3) is 5.74. The fourth-order valence-corrected chi connectivity index (χ4v) is 3.11. The number of nitrogens with two attached hydrogens (primary N) is 1. The summed E-state index contributed by atoms with van der Waals surface area (Å²) < 4.78 is 4.94. The summed E-state index contributed by atoms with van der Waals surface area (Å²) in [7, 11) is 0. The molecule has 3 atom stereocenters. The van der Waals surface area contributed by atoms with Crippen molar-refractivity contribution in [3.05, 3.63) is 39.9 Å². The number of nitrogens with zero attached hydrogens (tertiary/aromatic N) is 1. The maximum Gasteiger partial charge on any atom is 0.306 e. The maximum atomic E-state index is 12.5. The van der Waals surface area contributed by atoms with Crippen LogP contribution >= 0.6 is 0 Å². The van der Waals surface area contributed by atoms with Crippen LogP contribution in [0, 0.1) is 10.1 Å². The third-order valence-electron chi connectivity index (χ3n) is 4.54. The van der Waals surface area contributed by atoms with Crippen LogP contribution in [0.1, 0.15) is 37.7 Å². The number of hydrogen-bond acceptors (Lipinski definition) is 7. The van der Waals surface area contributed by atoms with Gasteiger partial charge in [-0.2, -0.15) is 0 Å². The number of primary amides is 1.